The van der Waals surface area contributed by atoms with E-state index in [1.54, 1.807) is 41.5 Å². The quantitative estimate of drug-likeness (QED) is 0.671. The summed E-state index contributed by atoms with van der Waals surface area (Å²) in [5.41, 5.74) is -1.48. The van der Waals surface area contributed by atoms with Gasteiger partial charge in [0.1, 0.15) is 0 Å². The number of hydrogen-bond acceptors (Lipinski definition) is 5. The number of rotatable bonds is 7. The van der Waals surface area contributed by atoms with E-state index < -0.39 is 23.3 Å². The summed E-state index contributed by atoms with van der Waals surface area (Å²) in [5, 5.41) is 9.49. The highest BCUT2D eigenvalue weighted by atomic mass is 16.6. The summed E-state index contributed by atoms with van der Waals surface area (Å²) >= 11 is 0. The van der Waals surface area contributed by atoms with Gasteiger partial charge < -0.3 is 9.47 Å². The number of hydrogen-bond donors (Lipinski definition) is 0. The van der Waals surface area contributed by atoms with Crippen molar-refractivity contribution in [1.29, 1.82) is 5.26 Å². The molecule has 5 heteroatoms. The molecule has 20 heavy (non-hydrogen) atoms. The van der Waals surface area contributed by atoms with Crippen molar-refractivity contribution in [3.05, 3.63) is 0 Å². The molecule has 0 aliphatic rings. The van der Waals surface area contributed by atoms with Crippen LogP contribution in [0.1, 0.15) is 54.4 Å². The van der Waals surface area contributed by atoms with Crippen molar-refractivity contribution in [2.24, 2.45) is 11.3 Å². The molecule has 0 radical (unpaired) electrons. The van der Waals surface area contributed by atoms with Crippen molar-refractivity contribution in [2.75, 3.05) is 0 Å². The third-order valence-corrected chi connectivity index (χ3v) is 3.10. The molecule has 0 heterocycles. The van der Waals surface area contributed by atoms with Crippen LogP contribution in [0.2, 0.25) is 0 Å². The molecule has 0 aliphatic heterocycles. The van der Waals surface area contributed by atoms with Crippen LogP contribution in [-0.4, -0.2) is 24.1 Å². The minimum Gasteiger partial charge on any atom is -0.463 e. The summed E-state index contributed by atoms with van der Waals surface area (Å²) in [7, 11) is 0. The highest BCUT2D eigenvalue weighted by Crippen LogP contribution is 2.36. The molecule has 0 N–H and O–H groups in total. The molecular formula is C15H25NO4. The monoisotopic (exact) mass is 283 g/mol. The molecule has 0 aromatic heterocycles. The number of carbonyl (C=O) groups is 2. The molecule has 0 bridgehead atoms. The Labute approximate surface area is 121 Å². The standard InChI is InChI=1S/C15H25NO4/c1-7-12(13(17)19-10(3)4)15(8-2,9-16)14(18)20-11(5)6/h10-12H,7-8H2,1-6H3. The normalized spacial score (nSPS) is 15.3. The Kier molecular flexibility index (Phi) is 7.26. The first-order valence-corrected chi connectivity index (χ1v) is 7.07. The average Bonchev–Trinajstić information content (AvgIpc) is 2.33. The lowest BCUT2D eigenvalue weighted by Gasteiger charge is -2.31. The van der Waals surface area contributed by atoms with Gasteiger partial charge in [-0.25, -0.2) is 0 Å². The number of nitrogens with zero attached hydrogens (tertiary/aromatic N) is 1. The van der Waals surface area contributed by atoms with Crippen molar-refractivity contribution in [3.8, 4) is 6.07 Å². The van der Waals surface area contributed by atoms with E-state index in [-0.39, 0.29) is 18.6 Å². The molecule has 0 aromatic carbocycles. The molecule has 0 amide bonds. The SMILES string of the molecule is CCC(C(=O)OC(C)C)C(C#N)(CC)C(=O)OC(C)C. The molecule has 0 saturated carbocycles. The summed E-state index contributed by atoms with van der Waals surface area (Å²) in [5.74, 6) is -1.98. The van der Waals surface area contributed by atoms with Crippen LogP contribution in [0.15, 0.2) is 0 Å². The lowest BCUT2D eigenvalue weighted by molar-refractivity contribution is -0.170. The van der Waals surface area contributed by atoms with Gasteiger partial charge in [-0.3, -0.25) is 9.59 Å². The van der Waals surface area contributed by atoms with Crippen molar-refractivity contribution in [3.63, 3.8) is 0 Å². The maximum atomic E-state index is 12.3. The molecule has 0 aliphatic carbocycles. The van der Waals surface area contributed by atoms with E-state index in [9.17, 15) is 14.9 Å². The minimum absolute atomic E-state index is 0.209. The topological polar surface area (TPSA) is 76.4 Å². The second-order valence-electron chi connectivity index (χ2n) is 5.34. The number of ether oxygens (including phenoxy) is 2. The molecule has 114 valence electrons. The first-order chi connectivity index (χ1) is 9.24. The Morgan fingerprint density at radius 3 is 1.90 bits per heavy atom. The van der Waals surface area contributed by atoms with E-state index in [1.165, 1.54) is 0 Å². The Bertz CT molecular complexity index is 384. The van der Waals surface area contributed by atoms with E-state index >= 15 is 0 Å². The number of esters is 2. The fourth-order valence-electron chi connectivity index (χ4n) is 2.09. The maximum Gasteiger partial charge on any atom is 0.327 e. The second-order valence-corrected chi connectivity index (χ2v) is 5.34. The Hall–Kier alpha value is -1.57. The first kappa shape index (κ1) is 18.4. The van der Waals surface area contributed by atoms with Crippen molar-refractivity contribution < 1.29 is 19.1 Å². The van der Waals surface area contributed by atoms with Crippen molar-refractivity contribution in [2.45, 2.75) is 66.6 Å². The average molecular weight is 283 g/mol. The van der Waals surface area contributed by atoms with E-state index in [4.69, 9.17) is 9.47 Å². The second kappa shape index (κ2) is 7.88. The maximum absolute atomic E-state index is 12.3. The van der Waals surface area contributed by atoms with Gasteiger partial charge in [0.05, 0.1) is 24.2 Å². The third kappa shape index (κ3) is 4.22. The van der Waals surface area contributed by atoms with Gasteiger partial charge in [0.2, 0.25) is 0 Å². The molecule has 0 aromatic rings. The van der Waals surface area contributed by atoms with Gasteiger partial charge in [0, 0.05) is 0 Å². The predicted octanol–water partition coefficient (Wildman–Crippen LogP) is 2.84. The van der Waals surface area contributed by atoms with Crippen LogP contribution in [0.5, 0.6) is 0 Å². The Balaban J connectivity index is 5.45. The van der Waals surface area contributed by atoms with Gasteiger partial charge in [0.25, 0.3) is 0 Å². The molecule has 2 atom stereocenters. The minimum atomic E-state index is -1.48. The predicted molar refractivity (Wildman–Crippen MR) is 74.6 cm³/mol. The largest absolute Gasteiger partial charge is 0.463 e. The van der Waals surface area contributed by atoms with Crippen molar-refractivity contribution >= 4 is 11.9 Å². The van der Waals surface area contributed by atoms with Crippen LogP contribution in [-0.2, 0) is 19.1 Å². The molecule has 0 rings (SSSR count). The van der Waals surface area contributed by atoms with Crippen LogP contribution < -0.4 is 0 Å². The summed E-state index contributed by atoms with van der Waals surface area (Å²) in [6.45, 7) is 10.4. The Morgan fingerprint density at radius 2 is 1.60 bits per heavy atom. The zero-order valence-electron chi connectivity index (χ0n) is 13.2. The van der Waals surface area contributed by atoms with Gasteiger partial charge in [-0.2, -0.15) is 5.26 Å². The van der Waals surface area contributed by atoms with Crippen LogP contribution in [0.3, 0.4) is 0 Å². The molecule has 5 nitrogen and oxygen atoms in total. The molecule has 0 saturated heterocycles. The van der Waals surface area contributed by atoms with E-state index in [1.807, 2.05) is 6.07 Å². The van der Waals surface area contributed by atoms with Gasteiger partial charge in [-0.1, -0.05) is 13.8 Å². The molecule has 0 spiro atoms. The summed E-state index contributed by atoms with van der Waals surface area (Å²) in [6, 6.07) is 2.00. The smallest absolute Gasteiger partial charge is 0.327 e. The Morgan fingerprint density at radius 1 is 1.10 bits per heavy atom. The zero-order chi connectivity index (χ0) is 15.9. The third-order valence-electron chi connectivity index (χ3n) is 3.10. The van der Waals surface area contributed by atoms with E-state index in [0.717, 1.165) is 0 Å². The highest BCUT2D eigenvalue weighted by Gasteiger charge is 2.50. The van der Waals surface area contributed by atoms with Crippen LogP contribution >= 0.6 is 0 Å². The highest BCUT2D eigenvalue weighted by molar-refractivity contribution is 5.88. The summed E-state index contributed by atoms with van der Waals surface area (Å²) < 4.78 is 10.3. The molecular weight excluding hydrogens is 258 g/mol. The zero-order valence-corrected chi connectivity index (χ0v) is 13.2. The molecule has 2 unspecified atom stereocenters. The van der Waals surface area contributed by atoms with E-state index in [0.29, 0.717) is 6.42 Å². The van der Waals surface area contributed by atoms with Crippen molar-refractivity contribution in [1.82, 2.24) is 0 Å². The van der Waals surface area contributed by atoms with E-state index in [2.05, 4.69) is 0 Å². The lowest BCUT2D eigenvalue weighted by atomic mass is 9.73. The van der Waals surface area contributed by atoms with Gasteiger partial charge in [-0.05, 0) is 40.5 Å². The number of nitriles is 1. The lowest BCUT2D eigenvalue weighted by Crippen LogP contribution is -2.44. The van der Waals surface area contributed by atoms with Gasteiger partial charge in [-0.15, -0.1) is 0 Å². The van der Waals surface area contributed by atoms with Gasteiger partial charge in [0.15, 0.2) is 5.41 Å². The fraction of sp³-hybridized carbons (Fsp3) is 0.800. The fourth-order valence-corrected chi connectivity index (χ4v) is 2.09. The van der Waals surface area contributed by atoms with Crippen LogP contribution in [0.4, 0.5) is 0 Å². The number of carbonyl (C=O) groups excluding carboxylic acids is 2. The summed E-state index contributed by atoms with van der Waals surface area (Å²) in [4.78, 5) is 24.4. The van der Waals surface area contributed by atoms with Gasteiger partial charge >= 0.3 is 11.9 Å². The van der Waals surface area contributed by atoms with Crippen LogP contribution in [0.25, 0.3) is 0 Å². The molecule has 0 fully saturated rings. The summed E-state index contributed by atoms with van der Waals surface area (Å²) in [6.07, 6.45) is -0.0627. The first-order valence-electron chi connectivity index (χ1n) is 7.07. The van der Waals surface area contributed by atoms with Crippen LogP contribution in [0, 0.1) is 22.7 Å².